The summed E-state index contributed by atoms with van der Waals surface area (Å²) in [4.78, 5) is 5.88. The van der Waals surface area contributed by atoms with Crippen LogP contribution in [0.1, 0.15) is 40.0 Å². The van der Waals surface area contributed by atoms with Crippen LogP contribution in [0.15, 0.2) is 0 Å². The molecule has 3 unspecified atom stereocenters. The lowest BCUT2D eigenvalue weighted by Gasteiger charge is -2.33. The molecular weight excluding hydrogens is 162 g/mol. The van der Waals surface area contributed by atoms with Crippen LogP contribution in [0.3, 0.4) is 0 Å². The van der Waals surface area contributed by atoms with E-state index < -0.39 is 0 Å². The highest BCUT2D eigenvalue weighted by Gasteiger charge is 2.48. The SMILES string of the molecule is CC1CCC2C(C1)N(C)OC2(C)C. The van der Waals surface area contributed by atoms with Crippen LogP contribution in [-0.4, -0.2) is 23.8 Å². The Balaban J connectivity index is 2.15. The average Bonchev–Trinajstić information content (AvgIpc) is 2.22. The van der Waals surface area contributed by atoms with Crippen LogP contribution < -0.4 is 0 Å². The molecular formula is C11H21NO. The third-order valence-electron chi connectivity index (χ3n) is 3.82. The van der Waals surface area contributed by atoms with E-state index >= 15 is 0 Å². The van der Waals surface area contributed by atoms with Crippen molar-refractivity contribution in [2.24, 2.45) is 11.8 Å². The Morgan fingerprint density at radius 1 is 1.31 bits per heavy atom. The summed E-state index contributed by atoms with van der Waals surface area (Å²) >= 11 is 0. The molecule has 0 N–H and O–H groups in total. The molecule has 1 saturated heterocycles. The van der Waals surface area contributed by atoms with Crippen molar-refractivity contribution in [2.45, 2.75) is 51.7 Å². The normalized spacial score (nSPS) is 44.8. The first-order chi connectivity index (χ1) is 6.00. The predicted octanol–water partition coefficient (Wildman–Crippen LogP) is 2.45. The van der Waals surface area contributed by atoms with Crippen LogP contribution in [0, 0.1) is 11.8 Å². The molecule has 1 saturated carbocycles. The van der Waals surface area contributed by atoms with E-state index in [4.69, 9.17) is 4.84 Å². The van der Waals surface area contributed by atoms with Crippen LogP contribution in [0.5, 0.6) is 0 Å². The molecule has 0 aromatic rings. The molecule has 13 heavy (non-hydrogen) atoms. The van der Waals surface area contributed by atoms with E-state index in [0.29, 0.717) is 6.04 Å². The van der Waals surface area contributed by atoms with Crippen molar-refractivity contribution in [2.75, 3.05) is 7.05 Å². The molecule has 2 rings (SSSR count). The first kappa shape index (κ1) is 9.47. The second kappa shape index (κ2) is 2.96. The maximum absolute atomic E-state index is 5.88. The Morgan fingerprint density at radius 3 is 2.69 bits per heavy atom. The molecule has 1 aliphatic heterocycles. The number of fused-ring (bicyclic) bond motifs is 1. The Morgan fingerprint density at radius 2 is 2.00 bits per heavy atom. The summed E-state index contributed by atoms with van der Waals surface area (Å²) in [5, 5.41) is 2.10. The van der Waals surface area contributed by atoms with Crippen molar-refractivity contribution in [3.05, 3.63) is 0 Å². The zero-order valence-electron chi connectivity index (χ0n) is 9.21. The topological polar surface area (TPSA) is 12.5 Å². The molecule has 3 atom stereocenters. The molecule has 2 aliphatic rings. The van der Waals surface area contributed by atoms with Gasteiger partial charge in [-0.25, -0.2) is 0 Å². The van der Waals surface area contributed by atoms with Gasteiger partial charge in [-0.15, -0.1) is 0 Å². The van der Waals surface area contributed by atoms with Crippen molar-refractivity contribution in [3.8, 4) is 0 Å². The number of hydrogen-bond donors (Lipinski definition) is 0. The standard InChI is InChI=1S/C11H21NO/c1-8-5-6-9-10(7-8)12(4)13-11(9,2)3/h8-10H,5-7H2,1-4H3. The summed E-state index contributed by atoms with van der Waals surface area (Å²) in [7, 11) is 2.09. The van der Waals surface area contributed by atoms with E-state index in [1.807, 2.05) is 0 Å². The molecule has 0 amide bonds. The smallest absolute Gasteiger partial charge is 0.0887 e. The number of hydrogen-bond acceptors (Lipinski definition) is 2. The zero-order valence-corrected chi connectivity index (χ0v) is 9.21. The van der Waals surface area contributed by atoms with Gasteiger partial charge in [0.15, 0.2) is 0 Å². The van der Waals surface area contributed by atoms with Crippen LogP contribution in [0.4, 0.5) is 0 Å². The maximum atomic E-state index is 5.88. The van der Waals surface area contributed by atoms with Crippen molar-refractivity contribution in [3.63, 3.8) is 0 Å². The number of hydroxylamine groups is 2. The molecule has 0 aromatic carbocycles. The van der Waals surface area contributed by atoms with Crippen molar-refractivity contribution in [1.82, 2.24) is 5.06 Å². The van der Waals surface area contributed by atoms with Gasteiger partial charge in [0.25, 0.3) is 0 Å². The first-order valence-electron chi connectivity index (χ1n) is 5.42. The van der Waals surface area contributed by atoms with E-state index in [1.165, 1.54) is 19.3 Å². The fourth-order valence-corrected chi connectivity index (χ4v) is 3.07. The van der Waals surface area contributed by atoms with Crippen LogP contribution in [0.2, 0.25) is 0 Å². The molecule has 2 nitrogen and oxygen atoms in total. The highest BCUT2D eigenvalue weighted by atomic mass is 16.7. The molecule has 1 aliphatic carbocycles. The minimum absolute atomic E-state index is 0.0690. The minimum Gasteiger partial charge on any atom is -0.293 e. The van der Waals surface area contributed by atoms with Gasteiger partial charge in [0, 0.05) is 19.0 Å². The summed E-state index contributed by atoms with van der Waals surface area (Å²) in [6, 6.07) is 0.666. The summed E-state index contributed by atoms with van der Waals surface area (Å²) in [6.45, 7) is 6.81. The average molecular weight is 183 g/mol. The molecule has 1 heterocycles. The highest BCUT2D eigenvalue weighted by molar-refractivity contribution is 4.96. The third-order valence-corrected chi connectivity index (χ3v) is 3.82. The van der Waals surface area contributed by atoms with Gasteiger partial charge in [-0.3, -0.25) is 4.84 Å². The van der Waals surface area contributed by atoms with Gasteiger partial charge in [0.2, 0.25) is 0 Å². The minimum atomic E-state index is 0.0690. The van der Waals surface area contributed by atoms with Crippen LogP contribution in [0.25, 0.3) is 0 Å². The summed E-state index contributed by atoms with van der Waals surface area (Å²) in [5.74, 6) is 1.62. The molecule has 2 heteroatoms. The number of rotatable bonds is 0. The van der Waals surface area contributed by atoms with Gasteiger partial charge in [-0.2, -0.15) is 5.06 Å². The molecule has 0 bridgehead atoms. The fourth-order valence-electron chi connectivity index (χ4n) is 3.07. The molecule has 0 spiro atoms. The quantitative estimate of drug-likeness (QED) is 0.572. The molecule has 0 radical (unpaired) electrons. The van der Waals surface area contributed by atoms with Gasteiger partial charge >= 0.3 is 0 Å². The van der Waals surface area contributed by atoms with Crippen molar-refractivity contribution >= 4 is 0 Å². The van der Waals surface area contributed by atoms with Gasteiger partial charge in [-0.05, 0) is 32.6 Å². The lowest BCUT2D eigenvalue weighted by molar-refractivity contribution is -0.179. The molecule has 2 fully saturated rings. The maximum Gasteiger partial charge on any atom is 0.0887 e. The van der Waals surface area contributed by atoms with Crippen molar-refractivity contribution in [1.29, 1.82) is 0 Å². The first-order valence-corrected chi connectivity index (χ1v) is 5.42. The predicted molar refractivity (Wildman–Crippen MR) is 53.2 cm³/mol. The van der Waals surface area contributed by atoms with Gasteiger partial charge in [0.05, 0.1) is 5.60 Å². The Hall–Kier alpha value is -0.0800. The second-order valence-electron chi connectivity index (χ2n) is 5.33. The van der Waals surface area contributed by atoms with Gasteiger partial charge in [0.1, 0.15) is 0 Å². The van der Waals surface area contributed by atoms with E-state index in [2.05, 4.69) is 32.9 Å². The lowest BCUT2D eigenvalue weighted by Crippen LogP contribution is -2.37. The monoisotopic (exact) mass is 183 g/mol. The van der Waals surface area contributed by atoms with Crippen molar-refractivity contribution < 1.29 is 4.84 Å². The van der Waals surface area contributed by atoms with Crippen LogP contribution >= 0.6 is 0 Å². The van der Waals surface area contributed by atoms with Crippen LogP contribution in [-0.2, 0) is 4.84 Å². The lowest BCUT2D eigenvalue weighted by atomic mass is 9.73. The van der Waals surface area contributed by atoms with E-state index in [9.17, 15) is 0 Å². The highest BCUT2D eigenvalue weighted by Crippen LogP contribution is 2.44. The molecule has 76 valence electrons. The summed E-state index contributed by atoms with van der Waals surface area (Å²) in [5.41, 5.74) is 0.0690. The Bertz CT molecular complexity index is 202. The van der Waals surface area contributed by atoms with Gasteiger partial charge in [-0.1, -0.05) is 13.3 Å². The largest absolute Gasteiger partial charge is 0.293 e. The van der Waals surface area contributed by atoms with E-state index in [-0.39, 0.29) is 5.60 Å². The van der Waals surface area contributed by atoms with E-state index in [0.717, 1.165) is 11.8 Å². The zero-order chi connectivity index (χ0) is 9.64. The Kier molecular flexibility index (Phi) is 2.16. The summed E-state index contributed by atoms with van der Waals surface area (Å²) in [6.07, 6.45) is 4.02. The third kappa shape index (κ3) is 1.50. The molecule has 0 aromatic heterocycles. The van der Waals surface area contributed by atoms with Gasteiger partial charge < -0.3 is 0 Å². The Labute approximate surface area is 81.2 Å². The summed E-state index contributed by atoms with van der Waals surface area (Å²) < 4.78 is 0. The van der Waals surface area contributed by atoms with E-state index in [1.54, 1.807) is 0 Å². The second-order valence-corrected chi connectivity index (χ2v) is 5.33. The number of nitrogens with zero attached hydrogens (tertiary/aromatic N) is 1. The fraction of sp³-hybridized carbons (Fsp3) is 1.00.